The summed E-state index contributed by atoms with van der Waals surface area (Å²) in [5.74, 6) is 0.0439. The van der Waals surface area contributed by atoms with E-state index < -0.39 is 5.41 Å². The van der Waals surface area contributed by atoms with Crippen LogP contribution in [0.25, 0.3) is 0 Å². The molecule has 0 radical (unpaired) electrons. The fourth-order valence-electron chi connectivity index (χ4n) is 4.09. The summed E-state index contributed by atoms with van der Waals surface area (Å²) in [6.45, 7) is 1.79. The van der Waals surface area contributed by atoms with Crippen molar-refractivity contribution in [3.8, 4) is 6.07 Å². The number of nitrogens with zero attached hydrogens (tertiary/aromatic N) is 2. The molecule has 0 bridgehead atoms. The summed E-state index contributed by atoms with van der Waals surface area (Å²) in [5.41, 5.74) is 1.20. The number of benzene rings is 2. The normalized spacial score (nSPS) is 16.7. The molecule has 1 unspecified atom stereocenters. The van der Waals surface area contributed by atoms with Gasteiger partial charge in [0.25, 0.3) is 0 Å². The molecule has 0 aliphatic heterocycles. The second kappa shape index (κ2) is 8.47. The Hall–Kier alpha value is -2.18. The summed E-state index contributed by atoms with van der Waals surface area (Å²) in [5, 5.41) is 10.1. The highest BCUT2D eigenvalue weighted by Gasteiger charge is 2.44. The van der Waals surface area contributed by atoms with E-state index in [9.17, 15) is 9.65 Å². The van der Waals surface area contributed by atoms with Crippen LogP contribution in [0.4, 0.5) is 4.39 Å². The minimum atomic E-state index is -0.683. The molecule has 0 N–H and O–H groups in total. The largest absolute Gasteiger partial charge is 0.302 e. The fraction of sp³-hybridized carbons (Fsp3) is 0.435. The van der Waals surface area contributed by atoms with E-state index in [-0.39, 0.29) is 11.7 Å². The molecule has 3 rings (SSSR count). The van der Waals surface area contributed by atoms with Gasteiger partial charge in [-0.05, 0) is 56.8 Å². The number of rotatable bonds is 8. The predicted octanol–water partition coefficient (Wildman–Crippen LogP) is 5.30. The number of hydrogen-bond donors (Lipinski definition) is 0. The molecule has 1 aliphatic carbocycles. The van der Waals surface area contributed by atoms with Crippen LogP contribution in [0.3, 0.4) is 0 Å². The maximum atomic E-state index is 14.5. The van der Waals surface area contributed by atoms with Gasteiger partial charge in [-0.2, -0.15) is 5.26 Å². The average Bonchev–Trinajstić information content (AvgIpc) is 2.60. The summed E-state index contributed by atoms with van der Waals surface area (Å²) < 4.78 is 14.5. The van der Waals surface area contributed by atoms with Gasteiger partial charge in [0.15, 0.2) is 0 Å². The lowest BCUT2D eigenvalue weighted by Crippen LogP contribution is -2.39. The average molecular weight is 350 g/mol. The standard InChI is InChI=1S/C23H27FN2/c1-26(17-19-9-3-2-4-10-19)16-8-15-23(18-25,20-11-7-12-20)21-13-5-6-14-22(21)24/h2-6,9-10,13-14,20H,7-8,11-12,15-17H2,1H3. The third-order valence-corrected chi connectivity index (χ3v) is 5.76. The molecule has 0 aromatic heterocycles. The van der Waals surface area contributed by atoms with Crippen LogP contribution in [0.1, 0.15) is 43.2 Å². The van der Waals surface area contributed by atoms with E-state index in [4.69, 9.17) is 0 Å². The Balaban J connectivity index is 1.67. The van der Waals surface area contributed by atoms with Gasteiger partial charge in [0.05, 0.1) is 11.5 Å². The second-order valence-corrected chi connectivity index (χ2v) is 7.52. The molecule has 0 spiro atoms. The van der Waals surface area contributed by atoms with Gasteiger partial charge in [-0.25, -0.2) is 4.39 Å². The zero-order valence-electron chi connectivity index (χ0n) is 15.5. The third kappa shape index (κ3) is 3.97. The molecule has 1 atom stereocenters. The highest BCUT2D eigenvalue weighted by atomic mass is 19.1. The molecule has 136 valence electrons. The Morgan fingerprint density at radius 3 is 2.42 bits per heavy atom. The Bertz CT molecular complexity index is 748. The van der Waals surface area contributed by atoms with E-state index in [1.54, 1.807) is 6.07 Å². The summed E-state index contributed by atoms with van der Waals surface area (Å²) in [6, 6.07) is 19.8. The molecule has 2 aromatic rings. The van der Waals surface area contributed by atoms with Crippen LogP contribution >= 0.6 is 0 Å². The molecular formula is C23H27FN2. The van der Waals surface area contributed by atoms with Gasteiger partial charge in [0.2, 0.25) is 0 Å². The maximum absolute atomic E-state index is 14.5. The van der Waals surface area contributed by atoms with Crippen molar-refractivity contribution in [1.82, 2.24) is 4.90 Å². The minimum Gasteiger partial charge on any atom is -0.302 e. The molecule has 1 fully saturated rings. The van der Waals surface area contributed by atoms with Crippen molar-refractivity contribution in [2.75, 3.05) is 13.6 Å². The van der Waals surface area contributed by atoms with Crippen molar-refractivity contribution in [3.05, 3.63) is 71.5 Å². The van der Waals surface area contributed by atoms with E-state index in [2.05, 4.69) is 42.3 Å². The van der Waals surface area contributed by atoms with Gasteiger partial charge in [0, 0.05) is 12.1 Å². The molecule has 0 heterocycles. The van der Waals surface area contributed by atoms with E-state index >= 15 is 0 Å². The van der Waals surface area contributed by atoms with E-state index in [1.807, 2.05) is 18.2 Å². The molecular weight excluding hydrogens is 323 g/mol. The molecule has 1 saturated carbocycles. The molecule has 2 aromatic carbocycles. The lowest BCUT2D eigenvalue weighted by molar-refractivity contribution is 0.184. The smallest absolute Gasteiger partial charge is 0.128 e. The van der Waals surface area contributed by atoms with Crippen molar-refractivity contribution >= 4 is 0 Å². The van der Waals surface area contributed by atoms with Gasteiger partial charge >= 0.3 is 0 Å². The lowest BCUT2D eigenvalue weighted by Gasteiger charge is -2.41. The Kier molecular flexibility index (Phi) is 6.06. The van der Waals surface area contributed by atoms with Crippen molar-refractivity contribution in [3.63, 3.8) is 0 Å². The Labute approximate surface area is 156 Å². The quantitative estimate of drug-likeness (QED) is 0.646. The van der Waals surface area contributed by atoms with Crippen LogP contribution in [0, 0.1) is 23.1 Å². The van der Waals surface area contributed by atoms with E-state index in [1.165, 1.54) is 11.6 Å². The molecule has 0 saturated heterocycles. The van der Waals surface area contributed by atoms with Crippen LogP contribution in [-0.4, -0.2) is 18.5 Å². The van der Waals surface area contributed by atoms with Crippen LogP contribution in [0.5, 0.6) is 0 Å². The van der Waals surface area contributed by atoms with Crippen molar-refractivity contribution < 1.29 is 4.39 Å². The Morgan fingerprint density at radius 2 is 1.81 bits per heavy atom. The SMILES string of the molecule is CN(CCCC(C#N)(c1ccccc1F)C1CCC1)Cc1ccccc1. The fourth-order valence-corrected chi connectivity index (χ4v) is 4.09. The number of nitriles is 1. The first kappa shape index (κ1) is 18.6. The van der Waals surface area contributed by atoms with Crippen LogP contribution < -0.4 is 0 Å². The van der Waals surface area contributed by atoms with E-state index in [0.717, 1.165) is 38.8 Å². The molecule has 1 aliphatic rings. The molecule has 0 amide bonds. The summed E-state index contributed by atoms with van der Waals surface area (Å²) in [4.78, 5) is 2.28. The predicted molar refractivity (Wildman–Crippen MR) is 103 cm³/mol. The molecule has 3 heteroatoms. The third-order valence-electron chi connectivity index (χ3n) is 5.76. The lowest BCUT2D eigenvalue weighted by atomic mass is 9.60. The van der Waals surface area contributed by atoms with Gasteiger partial charge < -0.3 is 4.90 Å². The highest BCUT2D eigenvalue weighted by molar-refractivity contribution is 5.35. The van der Waals surface area contributed by atoms with Gasteiger partial charge in [-0.1, -0.05) is 55.0 Å². The van der Waals surface area contributed by atoms with Gasteiger partial charge in [0.1, 0.15) is 5.82 Å². The van der Waals surface area contributed by atoms with Crippen LogP contribution in [-0.2, 0) is 12.0 Å². The summed E-state index contributed by atoms with van der Waals surface area (Å²) in [6.07, 6.45) is 4.82. The maximum Gasteiger partial charge on any atom is 0.128 e. The topological polar surface area (TPSA) is 27.0 Å². The first-order valence-corrected chi connectivity index (χ1v) is 9.54. The summed E-state index contributed by atoms with van der Waals surface area (Å²) >= 11 is 0. The number of hydrogen-bond acceptors (Lipinski definition) is 2. The molecule has 2 nitrogen and oxygen atoms in total. The number of halogens is 1. The van der Waals surface area contributed by atoms with E-state index in [0.29, 0.717) is 12.0 Å². The van der Waals surface area contributed by atoms with Crippen molar-refractivity contribution in [2.24, 2.45) is 5.92 Å². The van der Waals surface area contributed by atoms with Crippen LogP contribution in [0.2, 0.25) is 0 Å². The molecule has 26 heavy (non-hydrogen) atoms. The monoisotopic (exact) mass is 350 g/mol. The minimum absolute atomic E-state index is 0.237. The second-order valence-electron chi connectivity index (χ2n) is 7.52. The van der Waals surface area contributed by atoms with Crippen LogP contribution in [0.15, 0.2) is 54.6 Å². The first-order valence-electron chi connectivity index (χ1n) is 9.54. The van der Waals surface area contributed by atoms with Gasteiger partial charge in [-0.15, -0.1) is 0 Å². The van der Waals surface area contributed by atoms with Crippen molar-refractivity contribution in [2.45, 2.75) is 44.1 Å². The Morgan fingerprint density at radius 1 is 1.12 bits per heavy atom. The highest BCUT2D eigenvalue weighted by Crippen LogP contribution is 2.47. The first-order chi connectivity index (χ1) is 12.7. The van der Waals surface area contributed by atoms with Gasteiger partial charge in [-0.3, -0.25) is 0 Å². The van der Waals surface area contributed by atoms with Crippen molar-refractivity contribution in [1.29, 1.82) is 5.26 Å². The summed E-state index contributed by atoms with van der Waals surface area (Å²) in [7, 11) is 2.10. The zero-order chi connectivity index (χ0) is 18.4. The zero-order valence-corrected chi connectivity index (χ0v) is 15.5.